The Morgan fingerprint density at radius 1 is 1.17 bits per heavy atom. The van der Waals surface area contributed by atoms with Gasteiger partial charge in [0, 0.05) is 6.07 Å². The third-order valence-corrected chi connectivity index (χ3v) is 1.76. The minimum absolute atomic E-state index is 0.202. The standard InChI is InChI=1S/C13H21NO4/c1-10(2)17-14(15)18-12-8-6-7-11(9-12)16-13(3,4)5/h6-10,14H,1-5H3. The highest BCUT2D eigenvalue weighted by molar-refractivity contribution is 5.32. The van der Waals surface area contributed by atoms with Crippen molar-refractivity contribution in [3.63, 3.8) is 0 Å². The van der Waals surface area contributed by atoms with E-state index in [-0.39, 0.29) is 11.7 Å². The molecule has 0 spiro atoms. The van der Waals surface area contributed by atoms with Gasteiger partial charge in [0.1, 0.15) is 17.5 Å². The molecular formula is C13H21NO4. The third-order valence-electron chi connectivity index (χ3n) is 1.76. The average Bonchev–Trinajstić information content (AvgIpc) is 2.13. The second-order valence-corrected chi connectivity index (χ2v) is 5.21. The second kappa shape index (κ2) is 6.04. The summed E-state index contributed by atoms with van der Waals surface area (Å²) < 4.78 is 5.67. The van der Waals surface area contributed by atoms with Crippen molar-refractivity contribution in [2.45, 2.75) is 46.3 Å². The average molecular weight is 255 g/mol. The first-order valence-corrected chi connectivity index (χ1v) is 5.94. The Bertz CT molecular complexity index is 373. The molecule has 5 nitrogen and oxygen atoms in total. The predicted molar refractivity (Wildman–Crippen MR) is 68.0 cm³/mol. The SMILES string of the molecule is CC(C)O[NH+]([O-])Oc1cccc(OC(C)(C)C)c1. The van der Waals surface area contributed by atoms with Gasteiger partial charge >= 0.3 is 0 Å². The molecule has 0 aromatic heterocycles. The van der Waals surface area contributed by atoms with Crippen LogP contribution in [0.25, 0.3) is 0 Å². The highest BCUT2D eigenvalue weighted by Crippen LogP contribution is 2.22. The molecule has 1 aromatic carbocycles. The molecule has 0 aliphatic carbocycles. The molecule has 0 radical (unpaired) electrons. The van der Waals surface area contributed by atoms with E-state index in [0.29, 0.717) is 11.5 Å². The van der Waals surface area contributed by atoms with E-state index in [2.05, 4.69) is 0 Å². The largest absolute Gasteiger partial charge is 0.556 e. The van der Waals surface area contributed by atoms with Crippen LogP contribution in [-0.2, 0) is 4.84 Å². The van der Waals surface area contributed by atoms with E-state index in [4.69, 9.17) is 14.4 Å². The first kappa shape index (κ1) is 14.8. The van der Waals surface area contributed by atoms with Gasteiger partial charge in [-0.05, 0) is 52.1 Å². The summed E-state index contributed by atoms with van der Waals surface area (Å²) in [7, 11) is 0. The van der Waals surface area contributed by atoms with Crippen molar-refractivity contribution < 1.29 is 19.8 Å². The lowest BCUT2D eigenvalue weighted by Crippen LogP contribution is -3.08. The summed E-state index contributed by atoms with van der Waals surface area (Å²) in [5.41, 5.74) is -0.295. The number of rotatable bonds is 5. The molecule has 1 atom stereocenters. The molecule has 1 unspecified atom stereocenters. The van der Waals surface area contributed by atoms with Crippen LogP contribution >= 0.6 is 0 Å². The van der Waals surface area contributed by atoms with Crippen LogP contribution in [0.3, 0.4) is 0 Å². The Morgan fingerprint density at radius 3 is 2.33 bits per heavy atom. The van der Waals surface area contributed by atoms with Crippen LogP contribution in [0.15, 0.2) is 24.3 Å². The van der Waals surface area contributed by atoms with Crippen LogP contribution in [0.2, 0.25) is 0 Å². The fourth-order valence-corrected chi connectivity index (χ4v) is 1.27. The van der Waals surface area contributed by atoms with E-state index in [1.165, 1.54) is 0 Å². The number of ether oxygens (including phenoxy) is 1. The Kier molecular flexibility index (Phi) is 4.95. The molecule has 102 valence electrons. The zero-order chi connectivity index (χ0) is 13.8. The quantitative estimate of drug-likeness (QED) is 0.816. The van der Waals surface area contributed by atoms with E-state index in [9.17, 15) is 5.21 Å². The van der Waals surface area contributed by atoms with Gasteiger partial charge in [-0.15, -0.1) is 0 Å². The Balaban J connectivity index is 2.65. The van der Waals surface area contributed by atoms with Gasteiger partial charge in [-0.3, -0.25) is 4.84 Å². The smallest absolute Gasteiger partial charge is 0.198 e. The van der Waals surface area contributed by atoms with Crippen molar-refractivity contribution in [1.29, 1.82) is 0 Å². The molecule has 18 heavy (non-hydrogen) atoms. The van der Waals surface area contributed by atoms with Gasteiger partial charge in [0.2, 0.25) is 0 Å². The van der Waals surface area contributed by atoms with E-state index in [1.807, 2.05) is 26.8 Å². The Morgan fingerprint density at radius 2 is 1.78 bits per heavy atom. The maximum Gasteiger partial charge on any atom is 0.198 e. The van der Waals surface area contributed by atoms with Crippen LogP contribution in [0.5, 0.6) is 11.5 Å². The zero-order valence-corrected chi connectivity index (χ0v) is 11.5. The summed E-state index contributed by atoms with van der Waals surface area (Å²) in [5, 5.41) is 10.6. The number of nitrogens with one attached hydrogen (secondary N) is 1. The minimum Gasteiger partial charge on any atom is -0.556 e. The summed E-state index contributed by atoms with van der Waals surface area (Å²) >= 11 is 0. The van der Waals surface area contributed by atoms with Gasteiger partial charge in [0.15, 0.2) is 5.75 Å². The van der Waals surface area contributed by atoms with Gasteiger partial charge in [-0.2, -0.15) is 4.84 Å². The Labute approximate surface area is 108 Å². The van der Waals surface area contributed by atoms with Gasteiger partial charge < -0.3 is 9.94 Å². The van der Waals surface area contributed by atoms with Crippen molar-refractivity contribution in [2.75, 3.05) is 0 Å². The number of benzene rings is 1. The highest BCUT2D eigenvalue weighted by Gasteiger charge is 2.13. The lowest BCUT2D eigenvalue weighted by Gasteiger charge is -2.22. The van der Waals surface area contributed by atoms with Crippen LogP contribution in [0, 0.1) is 5.21 Å². The third kappa shape index (κ3) is 5.86. The van der Waals surface area contributed by atoms with Gasteiger partial charge in [0.05, 0.1) is 0 Å². The zero-order valence-electron chi connectivity index (χ0n) is 11.5. The lowest BCUT2D eigenvalue weighted by molar-refractivity contribution is -1.19. The van der Waals surface area contributed by atoms with Crippen molar-refractivity contribution in [1.82, 2.24) is 0 Å². The van der Waals surface area contributed by atoms with Crippen molar-refractivity contribution in [2.24, 2.45) is 0 Å². The molecule has 0 heterocycles. The van der Waals surface area contributed by atoms with Crippen LogP contribution in [0.4, 0.5) is 0 Å². The summed E-state index contributed by atoms with van der Waals surface area (Å²) in [6.45, 7) is 9.38. The summed E-state index contributed by atoms with van der Waals surface area (Å²) in [6, 6.07) is 6.91. The van der Waals surface area contributed by atoms with Gasteiger partial charge in [-0.1, -0.05) is 6.07 Å². The predicted octanol–water partition coefficient (Wildman–Crippen LogP) is 1.88. The Hall–Kier alpha value is -1.30. The van der Waals surface area contributed by atoms with E-state index in [0.717, 1.165) is 0 Å². The molecule has 5 heteroatoms. The van der Waals surface area contributed by atoms with Gasteiger partial charge in [0.25, 0.3) is 0 Å². The second-order valence-electron chi connectivity index (χ2n) is 5.21. The monoisotopic (exact) mass is 255 g/mol. The fourth-order valence-electron chi connectivity index (χ4n) is 1.27. The molecule has 0 saturated carbocycles. The summed E-state index contributed by atoms with van der Waals surface area (Å²) in [5.74, 6) is 1.06. The first-order valence-electron chi connectivity index (χ1n) is 5.94. The summed E-state index contributed by atoms with van der Waals surface area (Å²) in [6.07, 6.45) is -0.202. The molecule has 0 aliphatic rings. The van der Waals surface area contributed by atoms with E-state index in [1.54, 1.807) is 32.0 Å². The number of hydrogen-bond acceptors (Lipinski definition) is 4. The first-order chi connectivity index (χ1) is 8.26. The molecule has 0 bridgehead atoms. The van der Waals surface area contributed by atoms with Crippen molar-refractivity contribution in [3.05, 3.63) is 29.5 Å². The number of quaternary nitrogens is 1. The molecule has 0 saturated heterocycles. The van der Waals surface area contributed by atoms with E-state index >= 15 is 0 Å². The van der Waals surface area contributed by atoms with Crippen LogP contribution in [0.1, 0.15) is 34.6 Å². The molecule has 0 fully saturated rings. The highest BCUT2D eigenvalue weighted by atomic mass is 17.1. The van der Waals surface area contributed by atoms with E-state index < -0.39 is 5.39 Å². The number of hydrogen-bond donors (Lipinski definition) is 1. The molecule has 1 rings (SSSR count). The maximum absolute atomic E-state index is 11.3. The topological polar surface area (TPSA) is 55.2 Å². The minimum atomic E-state index is -0.710. The lowest BCUT2D eigenvalue weighted by atomic mass is 10.2. The van der Waals surface area contributed by atoms with Gasteiger partial charge in [-0.25, -0.2) is 0 Å². The van der Waals surface area contributed by atoms with Crippen LogP contribution < -0.4 is 15.0 Å². The van der Waals surface area contributed by atoms with Crippen LogP contribution in [-0.4, -0.2) is 11.7 Å². The normalized spacial score (nSPS) is 13.5. The molecule has 0 aliphatic heterocycles. The van der Waals surface area contributed by atoms with Crippen molar-refractivity contribution in [3.8, 4) is 11.5 Å². The molecule has 0 amide bonds. The fraction of sp³-hybridized carbons (Fsp3) is 0.538. The summed E-state index contributed by atoms with van der Waals surface area (Å²) in [4.78, 5) is 9.93. The maximum atomic E-state index is 11.3. The molecule has 1 aromatic rings. The molecule has 1 N–H and O–H groups in total. The van der Waals surface area contributed by atoms with Crippen molar-refractivity contribution >= 4 is 0 Å². The molecular weight excluding hydrogens is 234 g/mol.